The third-order valence-electron chi connectivity index (χ3n) is 2.56. The Balaban J connectivity index is 2.51. The predicted octanol–water partition coefficient (Wildman–Crippen LogP) is 3.70. The van der Waals surface area contributed by atoms with Crippen LogP contribution in [-0.2, 0) is 0 Å². The van der Waals surface area contributed by atoms with Gasteiger partial charge in [-0.2, -0.15) is 11.8 Å². The van der Waals surface area contributed by atoms with Gasteiger partial charge in [-0.1, -0.05) is 6.92 Å². The van der Waals surface area contributed by atoms with E-state index in [-0.39, 0.29) is 11.9 Å². The van der Waals surface area contributed by atoms with E-state index in [0.717, 1.165) is 34.6 Å². The number of rotatable bonds is 7. The molecule has 3 nitrogen and oxygen atoms in total. The monoisotopic (exact) mass is 332 g/mol. The van der Waals surface area contributed by atoms with Crippen LogP contribution in [0.3, 0.4) is 0 Å². The van der Waals surface area contributed by atoms with Gasteiger partial charge in [-0.15, -0.1) is 0 Å². The van der Waals surface area contributed by atoms with Crippen molar-refractivity contribution >= 4 is 33.6 Å². The number of carbonyl (C=O) groups excluding carboxylic acids is 1. The lowest BCUT2D eigenvalue weighted by molar-refractivity contribution is 0.0943. The first kappa shape index (κ1) is 15.6. The van der Waals surface area contributed by atoms with Gasteiger partial charge in [0.1, 0.15) is 5.69 Å². The van der Waals surface area contributed by atoms with Crippen LogP contribution in [0.25, 0.3) is 0 Å². The molecule has 1 amide bonds. The summed E-state index contributed by atoms with van der Waals surface area (Å²) in [5.74, 6) is 2.25. The smallest absolute Gasteiger partial charge is 0.267 e. The van der Waals surface area contributed by atoms with Gasteiger partial charge in [-0.25, -0.2) is 0 Å². The minimum atomic E-state index is 0.0101. The number of aromatic nitrogens is 1. The van der Waals surface area contributed by atoms with Crippen molar-refractivity contribution in [2.24, 2.45) is 0 Å². The summed E-state index contributed by atoms with van der Waals surface area (Å²) >= 11 is 5.32. The van der Waals surface area contributed by atoms with E-state index in [4.69, 9.17) is 0 Å². The number of carbonyl (C=O) groups is 1. The summed E-state index contributed by atoms with van der Waals surface area (Å²) in [6, 6.07) is 2.16. The molecule has 0 aromatic carbocycles. The van der Waals surface area contributed by atoms with Gasteiger partial charge in [-0.3, -0.25) is 4.79 Å². The lowest BCUT2D eigenvalue weighted by Crippen LogP contribution is -2.27. The Labute approximate surface area is 122 Å². The molecule has 0 aliphatic heterocycles. The zero-order chi connectivity index (χ0) is 13.5. The largest absolute Gasteiger partial charge is 0.351 e. The summed E-state index contributed by atoms with van der Waals surface area (Å²) in [4.78, 5) is 12.1. The Kier molecular flexibility index (Phi) is 6.86. The molecule has 0 bridgehead atoms. The molecule has 1 rings (SSSR count). The van der Waals surface area contributed by atoms with Crippen molar-refractivity contribution < 1.29 is 4.79 Å². The maximum atomic E-state index is 12.1. The molecule has 1 heterocycles. The third-order valence-corrected chi connectivity index (χ3v) is 3.98. The number of hydrogen-bond donors (Lipinski definition) is 1. The first-order chi connectivity index (χ1) is 8.56. The Morgan fingerprint density at radius 3 is 2.89 bits per heavy atom. The van der Waals surface area contributed by atoms with Gasteiger partial charge in [0, 0.05) is 23.3 Å². The van der Waals surface area contributed by atoms with Gasteiger partial charge in [0.2, 0.25) is 0 Å². The molecule has 0 aliphatic rings. The summed E-state index contributed by atoms with van der Waals surface area (Å²) in [6.45, 7) is 7.03. The van der Waals surface area contributed by atoms with Crippen molar-refractivity contribution in [3.63, 3.8) is 0 Å². The van der Waals surface area contributed by atoms with Crippen molar-refractivity contribution in [2.45, 2.75) is 33.2 Å². The van der Waals surface area contributed by atoms with Gasteiger partial charge in [0.25, 0.3) is 5.91 Å². The molecule has 1 N–H and O–H groups in total. The van der Waals surface area contributed by atoms with Crippen LogP contribution < -0.4 is 5.32 Å². The maximum absolute atomic E-state index is 12.1. The summed E-state index contributed by atoms with van der Waals surface area (Å²) in [5, 5.41) is 2.97. The lowest BCUT2D eigenvalue weighted by Gasteiger charge is -2.12. The van der Waals surface area contributed by atoms with Crippen molar-refractivity contribution in [3.8, 4) is 0 Å². The van der Waals surface area contributed by atoms with Crippen LogP contribution in [-0.4, -0.2) is 28.5 Å². The zero-order valence-electron chi connectivity index (χ0n) is 11.2. The number of nitrogens with one attached hydrogen (secondary N) is 1. The highest BCUT2D eigenvalue weighted by Gasteiger charge is 2.14. The SMILES string of the molecule is CCSCCCNC(=O)c1cc(Br)cn1C(C)C. The Morgan fingerprint density at radius 1 is 1.56 bits per heavy atom. The number of amides is 1. The Bertz CT molecular complexity index is 390. The molecule has 1 aromatic rings. The van der Waals surface area contributed by atoms with Crippen LogP contribution in [0.2, 0.25) is 0 Å². The van der Waals surface area contributed by atoms with Gasteiger partial charge in [0.05, 0.1) is 0 Å². The molecular formula is C13H21BrN2OS. The molecule has 18 heavy (non-hydrogen) atoms. The quantitative estimate of drug-likeness (QED) is 0.772. The van der Waals surface area contributed by atoms with E-state index in [9.17, 15) is 4.79 Å². The molecule has 102 valence electrons. The molecule has 5 heteroatoms. The molecule has 0 aliphatic carbocycles. The third kappa shape index (κ3) is 4.69. The zero-order valence-corrected chi connectivity index (χ0v) is 13.6. The summed E-state index contributed by atoms with van der Waals surface area (Å²) in [7, 11) is 0. The van der Waals surface area contributed by atoms with Gasteiger partial charge in [-0.05, 0) is 53.8 Å². The minimum absolute atomic E-state index is 0.0101. The van der Waals surface area contributed by atoms with Gasteiger partial charge >= 0.3 is 0 Å². The van der Waals surface area contributed by atoms with E-state index in [1.807, 2.05) is 28.6 Å². The molecule has 0 atom stereocenters. The molecule has 0 radical (unpaired) electrons. The molecule has 0 fully saturated rings. The highest BCUT2D eigenvalue weighted by molar-refractivity contribution is 9.10. The van der Waals surface area contributed by atoms with Gasteiger partial charge in [0.15, 0.2) is 0 Å². The maximum Gasteiger partial charge on any atom is 0.267 e. The Morgan fingerprint density at radius 2 is 2.28 bits per heavy atom. The highest BCUT2D eigenvalue weighted by atomic mass is 79.9. The molecule has 0 spiro atoms. The van der Waals surface area contributed by atoms with E-state index >= 15 is 0 Å². The molecule has 1 aromatic heterocycles. The second-order valence-electron chi connectivity index (χ2n) is 4.35. The normalized spacial score (nSPS) is 10.9. The standard InChI is InChI=1S/C13H21BrN2OS/c1-4-18-7-5-6-15-13(17)12-8-11(14)9-16(12)10(2)3/h8-10H,4-7H2,1-3H3,(H,15,17). The van der Waals surface area contributed by atoms with Crippen LogP contribution in [0.15, 0.2) is 16.7 Å². The lowest BCUT2D eigenvalue weighted by atomic mass is 10.3. The topological polar surface area (TPSA) is 34.0 Å². The van der Waals surface area contributed by atoms with Crippen LogP contribution in [0.5, 0.6) is 0 Å². The first-order valence-corrected chi connectivity index (χ1v) is 8.24. The second kappa shape index (κ2) is 7.89. The van der Waals surface area contributed by atoms with Crippen LogP contribution in [0, 0.1) is 0 Å². The van der Waals surface area contributed by atoms with Gasteiger partial charge < -0.3 is 9.88 Å². The minimum Gasteiger partial charge on any atom is -0.351 e. The number of hydrogen-bond acceptors (Lipinski definition) is 2. The average Bonchev–Trinajstić information content (AvgIpc) is 2.71. The fourth-order valence-electron chi connectivity index (χ4n) is 1.67. The molecule has 0 saturated heterocycles. The number of nitrogens with zero attached hydrogens (tertiary/aromatic N) is 1. The van der Waals surface area contributed by atoms with Crippen molar-refractivity contribution in [3.05, 3.63) is 22.4 Å². The highest BCUT2D eigenvalue weighted by Crippen LogP contribution is 2.19. The van der Waals surface area contributed by atoms with Crippen molar-refractivity contribution in [2.75, 3.05) is 18.1 Å². The first-order valence-electron chi connectivity index (χ1n) is 6.29. The summed E-state index contributed by atoms with van der Waals surface area (Å²) < 4.78 is 2.93. The predicted molar refractivity (Wildman–Crippen MR) is 82.5 cm³/mol. The molecule has 0 saturated carbocycles. The van der Waals surface area contributed by atoms with Crippen molar-refractivity contribution in [1.29, 1.82) is 0 Å². The summed E-state index contributed by atoms with van der Waals surface area (Å²) in [6.07, 6.45) is 2.97. The van der Waals surface area contributed by atoms with Crippen molar-refractivity contribution in [1.82, 2.24) is 9.88 Å². The molecular weight excluding hydrogens is 312 g/mol. The Hall–Kier alpha value is -0.420. The van der Waals surface area contributed by atoms with Crippen LogP contribution in [0.1, 0.15) is 43.7 Å². The fraction of sp³-hybridized carbons (Fsp3) is 0.615. The van der Waals surface area contributed by atoms with E-state index in [1.54, 1.807) is 0 Å². The number of halogens is 1. The van der Waals surface area contributed by atoms with E-state index in [1.165, 1.54) is 0 Å². The van der Waals surface area contributed by atoms with Crippen LogP contribution >= 0.6 is 27.7 Å². The van der Waals surface area contributed by atoms with Crippen LogP contribution in [0.4, 0.5) is 0 Å². The second-order valence-corrected chi connectivity index (χ2v) is 6.66. The van der Waals surface area contributed by atoms with E-state index in [2.05, 4.69) is 42.0 Å². The number of thioether (sulfide) groups is 1. The average molecular weight is 333 g/mol. The summed E-state index contributed by atoms with van der Waals surface area (Å²) in [5.41, 5.74) is 0.722. The fourth-order valence-corrected chi connectivity index (χ4v) is 2.74. The molecule has 0 unspecified atom stereocenters. The van der Waals surface area contributed by atoms with E-state index < -0.39 is 0 Å². The van der Waals surface area contributed by atoms with E-state index in [0.29, 0.717) is 0 Å².